The molecule has 0 saturated carbocycles. The molecule has 1 aromatic rings. The number of alkyl halides is 1. The standard InChI is InChI=1S/C10H10ClNO3/c1-6-2-3-7(10(14)15)4-8(6)12-9(13)5-11/h2-4H,5H2,1H3,(H,12,13)(H,14,15). The van der Waals surface area contributed by atoms with E-state index in [9.17, 15) is 9.59 Å². The molecule has 15 heavy (non-hydrogen) atoms. The molecular formula is C10H10ClNO3. The van der Waals surface area contributed by atoms with Gasteiger partial charge < -0.3 is 10.4 Å². The molecule has 5 heteroatoms. The van der Waals surface area contributed by atoms with Crippen LogP contribution in [0.1, 0.15) is 15.9 Å². The van der Waals surface area contributed by atoms with E-state index in [1.165, 1.54) is 12.1 Å². The summed E-state index contributed by atoms with van der Waals surface area (Å²) < 4.78 is 0. The van der Waals surface area contributed by atoms with Crippen molar-refractivity contribution in [1.29, 1.82) is 0 Å². The number of anilines is 1. The number of rotatable bonds is 3. The van der Waals surface area contributed by atoms with Gasteiger partial charge in [-0.05, 0) is 24.6 Å². The van der Waals surface area contributed by atoms with Crippen LogP contribution in [0.3, 0.4) is 0 Å². The number of carbonyl (C=O) groups is 2. The normalized spacial score (nSPS) is 9.73. The Morgan fingerprint density at radius 2 is 2.13 bits per heavy atom. The van der Waals surface area contributed by atoms with Gasteiger partial charge in [-0.15, -0.1) is 11.6 Å². The van der Waals surface area contributed by atoms with Crippen LogP contribution in [0.25, 0.3) is 0 Å². The van der Waals surface area contributed by atoms with E-state index in [4.69, 9.17) is 16.7 Å². The molecule has 1 rings (SSSR count). The van der Waals surface area contributed by atoms with Crippen molar-refractivity contribution in [3.63, 3.8) is 0 Å². The van der Waals surface area contributed by atoms with Gasteiger partial charge in [-0.25, -0.2) is 4.79 Å². The maximum atomic E-state index is 11.0. The first-order chi connectivity index (χ1) is 7.04. The lowest BCUT2D eigenvalue weighted by Crippen LogP contribution is -2.14. The molecular weight excluding hydrogens is 218 g/mol. The Bertz CT molecular complexity index is 404. The van der Waals surface area contributed by atoms with Crippen molar-refractivity contribution in [3.8, 4) is 0 Å². The van der Waals surface area contributed by atoms with Crippen molar-refractivity contribution in [3.05, 3.63) is 29.3 Å². The highest BCUT2D eigenvalue weighted by atomic mass is 35.5. The van der Waals surface area contributed by atoms with E-state index < -0.39 is 5.97 Å². The smallest absolute Gasteiger partial charge is 0.335 e. The van der Waals surface area contributed by atoms with E-state index in [-0.39, 0.29) is 17.4 Å². The van der Waals surface area contributed by atoms with Gasteiger partial charge in [0, 0.05) is 5.69 Å². The first-order valence-corrected chi connectivity index (χ1v) is 4.78. The molecule has 0 atom stereocenters. The third-order valence-electron chi connectivity index (χ3n) is 1.88. The minimum Gasteiger partial charge on any atom is -0.478 e. The topological polar surface area (TPSA) is 66.4 Å². The number of benzene rings is 1. The van der Waals surface area contributed by atoms with Crippen molar-refractivity contribution >= 4 is 29.2 Å². The monoisotopic (exact) mass is 227 g/mol. The molecule has 0 bridgehead atoms. The van der Waals surface area contributed by atoms with E-state index in [2.05, 4.69) is 5.32 Å². The highest BCUT2D eigenvalue weighted by Crippen LogP contribution is 2.16. The third kappa shape index (κ3) is 2.95. The molecule has 0 unspecified atom stereocenters. The summed E-state index contributed by atoms with van der Waals surface area (Å²) in [6, 6.07) is 4.52. The Balaban J connectivity index is 3.00. The van der Waals surface area contributed by atoms with Crippen LogP contribution in [0.2, 0.25) is 0 Å². The van der Waals surface area contributed by atoms with Crippen molar-refractivity contribution in [1.82, 2.24) is 0 Å². The molecule has 0 aliphatic heterocycles. The number of carboxylic acid groups (broad SMARTS) is 1. The summed E-state index contributed by atoms with van der Waals surface area (Å²) in [7, 11) is 0. The average Bonchev–Trinajstić information content (AvgIpc) is 2.20. The molecule has 0 aliphatic rings. The molecule has 0 aliphatic carbocycles. The second kappa shape index (κ2) is 4.79. The lowest BCUT2D eigenvalue weighted by Gasteiger charge is -2.07. The van der Waals surface area contributed by atoms with Crippen LogP contribution in [-0.2, 0) is 4.79 Å². The highest BCUT2D eigenvalue weighted by Gasteiger charge is 2.07. The minimum absolute atomic E-state index is 0.130. The Morgan fingerprint density at radius 1 is 1.47 bits per heavy atom. The molecule has 0 saturated heterocycles. The summed E-state index contributed by atoms with van der Waals surface area (Å²) in [5.41, 5.74) is 1.39. The summed E-state index contributed by atoms with van der Waals surface area (Å²) in [5.74, 6) is -1.55. The number of hydrogen-bond donors (Lipinski definition) is 2. The summed E-state index contributed by atoms with van der Waals surface area (Å²) in [6.07, 6.45) is 0. The van der Waals surface area contributed by atoms with Gasteiger partial charge in [-0.1, -0.05) is 6.07 Å². The predicted molar refractivity (Wildman–Crippen MR) is 57.5 cm³/mol. The molecule has 0 aromatic heterocycles. The number of aromatic carboxylic acids is 1. The van der Waals surface area contributed by atoms with Gasteiger partial charge in [0.1, 0.15) is 5.88 Å². The van der Waals surface area contributed by atoms with E-state index in [0.29, 0.717) is 5.69 Å². The van der Waals surface area contributed by atoms with Crippen molar-refractivity contribution < 1.29 is 14.7 Å². The van der Waals surface area contributed by atoms with Crippen LogP contribution < -0.4 is 5.32 Å². The predicted octanol–water partition coefficient (Wildman–Crippen LogP) is 1.87. The number of carboxylic acids is 1. The molecule has 1 aromatic carbocycles. The minimum atomic E-state index is -1.03. The third-order valence-corrected chi connectivity index (χ3v) is 2.12. The van der Waals surface area contributed by atoms with E-state index in [0.717, 1.165) is 5.56 Å². The van der Waals surface area contributed by atoms with Crippen LogP contribution in [0.15, 0.2) is 18.2 Å². The van der Waals surface area contributed by atoms with Crippen LogP contribution in [0.5, 0.6) is 0 Å². The van der Waals surface area contributed by atoms with Gasteiger partial charge in [0.2, 0.25) is 5.91 Å². The summed E-state index contributed by atoms with van der Waals surface area (Å²) in [5, 5.41) is 11.3. The van der Waals surface area contributed by atoms with Crippen molar-refractivity contribution in [2.75, 3.05) is 11.2 Å². The fourth-order valence-electron chi connectivity index (χ4n) is 1.07. The molecule has 0 radical (unpaired) electrons. The molecule has 1 amide bonds. The van der Waals surface area contributed by atoms with Crippen molar-refractivity contribution in [2.24, 2.45) is 0 Å². The van der Waals surface area contributed by atoms with E-state index in [1.54, 1.807) is 13.0 Å². The summed E-state index contributed by atoms with van der Waals surface area (Å²) in [6.45, 7) is 1.77. The number of aryl methyl sites for hydroxylation is 1. The van der Waals surface area contributed by atoms with Gasteiger partial charge >= 0.3 is 5.97 Å². The van der Waals surface area contributed by atoms with Crippen LogP contribution in [-0.4, -0.2) is 22.9 Å². The number of halogens is 1. The Labute approximate surface area is 91.9 Å². The summed E-state index contributed by atoms with van der Waals surface area (Å²) >= 11 is 5.33. The zero-order valence-electron chi connectivity index (χ0n) is 8.08. The Morgan fingerprint density at radius 3 is 2.67 bits per heavy atom. The quantitative estimate of drug-likeness (QED) is 0.775. The maximum absolute atomic E-state index is 11.0. The molecule has 0 fully saturated rings. The lowest BCUT2D eigenvalue weighted by molar-refractivity contribution is -0.113. The fraction of sp³-hybridized carbons (Fsp3) is 0.200. The SMILES string of the molecule is Cc1ccc(C(=O)O)cc1NC(=O)CCl. The van der Waals surface area contributed by atoms with E-state index in [1.807, 2.05) is 0 Å². The fourth-order valence-corrected chi connectivity index (χ4v) is 1.14. The molecule has 0 heterocycles. The van der Waals surface area contributed by atoms with Gasteiger partial charge in [-0.2, -0.15) is 0 Å². The lowest BCUT2D eigenvalue weighted by atomic mass is 10.1. The van der Waals surface area contributed by atoms with Gasteiger partial charge in [0.15, 0.2) is 0 Å². The first-order valence-electron chi connectivity index (χ1n) is 4.24. The Kier molecular flexibility index (Phi) is 3.68. The second-order valence-corrected chi connectivity index (χ2v) is 3.28. The Hall–Kier alpha value is -1.55. The van der Waals surface area contributed by atoms with Crippen LogP contribution >= 0.6 is 11.6 Å². The zero-order chi connectivity index (χ0) is 11.4. The molecule has 80 valence electrons. The zero-order valence-corrected chi connectivity index (χ0v) is 8.84. The van der Waals surface area contributed by atoms with Crippen LogP contribution in [0.4, 0.5) is 5.69 Å². The van der Waals surface area contributed by atoms with Crippen molar-refractivity contribution in [2.45, 2.75) is 6.92 Å². The van der Waals surface area contributed by atoms with E-state index >= 15 is 0 Å². The molecule has 2 N–H and O–H groups in total. The van der Waals surface area contributed by atoms with Gasteiger partial charge in [0.25, 0.3) is 0 Å². The highest BCUT2D eigenvalue weighted by molar-refractivity contribution is 6.29. The maximum Gasteiger partial charge on any atom is 0.335 e. The number of hydrogen-bond acceptors (Lipinski definition) is 2. The largest absolute Gasteiger partial charge is 0.478 e. The van der Waals surface area contributed by atoms with Crippen LogP contribution in [0, 0.1) is 6.92 Å². The average molecular weight is 228 g/mol. The van der Waals surface area contributed by atoms with Gasteiger partial charge in [0.05, 0.1) is 5.56 Å². The molecule has 4 nitrogen and oxygen atoms in total. The summed E-state index contributed by atoms with van der Waals surface area (Å²) in [4.78, 5) is 21.7. The number of amides is 1. The molecule has 0 spiro atoms. The second-order valence-electron chi connectivity index (χ2n) is 3.02. The number of nitrogens with one attached hydrogen (secondary N) is 1. The van der Waals surface area contributed by atoms with Gasteiger partial charge in [-0.3, -0.25) is 4.79 Å². The number of carbonyl (C=O) groups excluding carboxylic acids is 1. The first kappa shape index (κ1) is 11.5.